The number of nitrogens with zero attached hydrogens (tertiary/aromatic N) is 1. The smallest absolute Gasteiger partial charge is 0.310 e. The zero-order valence-electron chi connectivity index (χ0n) is 10.6. The molecule has 1 aliphatic heterocycles. The van der Waals surface area contributed by atoms with Crippen molar-refractivity contribution in [3.63, 3.8) is 0 Å². The molecule has 1 fully saturated rings. The number of hydrogen-bond donors (Lipinski definition) is 1. The molecule has 7 heteroatoms. The Morgan fingerprint density at radius 3 is 2.47 bits per heavy atom. The van der Waals surface area contributed by atoms with Crippen LogP contribution in [0.5, 0.6) is 0 Å². The van der Waals surface area contributed by atoms with Crippen LogP contribution in [0.25, 0.3) is 0 Å². The fourth-order valence-electron chi connectivity index (χ4n) is 1.95. The Labute approximate surface area is 102 Å². The molecule has 0 aliphatic carbocycles. The van der Waals surface area contributed by atoms with Gasteiger partial charge in [0.15, 0.2) is 0 Å². The quantitative estimate of drug-likeness (QED) is 0.724. The van der Waals surface area contributed by atoms with Crippen LogP contribution in [0.2, 0.25) is 0 Å². The monoisotopic (exact) mass is 264 g/mol. The van der Waals surface area contributed by atoms with Gasteiger partial charge in [-0.2, -0.15) is 17.4 Å². The number of rotatable bonds is 4. The van der Waals surface area contributed by atoms with Gasteiger partial charge in [0, 0.05) is 19.1 Å². The van der Waals surface area contributed by atoms with Crippen molar-refractivity contribution in [2.24, 2.45) is 11.8 Å². The molecule has 1 rings (SSSR count). The first-order valence-corrected chi connectivity index (χ1v) is 7.07. The minimum Gasteiger partial charge on any atom is -0.469 e. The molecule has 1 heterocycles. The Hall–Kier alpha value is -0.660. The second kappa shape index (κ2) is 5.32. The average Bonchev–Trinajstić information content (AvgIpc) is 2.58. The van der Waals surface area contributed by atoms with Crippen LogP contribution in [0.15, 0.2) is 0 Å². The van der Waals surface area contributed by atoms with Crippen molar-refractivity contribution in [3.8, 4) is 0 Å². The number of methoxy groups -OCH3 is 1. The predicted molar refractivity (Wildman–Crippen MR) is 63.4 cm³/mol. The van der Waals surface area contributed by atoms with Crippen LogP contribution in [0.3, 0.4) is 0 Å². The van der Waals surface area contributed by atoms with Crippen molar-refractivity contribution < 1.29 is 17.9 Å². The molecule has 0 radical (unpaired) electrons. The van der Waals surface area contributed by atoms with Gasteiger partial charge in [-0.1, -0.05) is 6.92 Å². The summed E-state index contributed by atoms with van der Waals surface area (Å²) in [6.45, 7) is 5.91. The normalized spacial score (nSPS) is 26.4. The van der Waals surface area contributed by atoms with Crippen LogP contribution < -0.4 is 4.72 Å². The molecule has 0 aromatic heterocycles. The van der Waals surface area contributed by atoms with E-state index in [1.165, 1.54) is 11.4 Å². The number of esters is 1. The second-order valence-electron chi connectivity index (χ2n) is 4.70. The highest BCUT2D eigenvalue weighted by Gasteiger charge is 2.40. The summed E-state index contributed by atoms with van der Waals surface area (Å²) in [7, 11) is -2.17. The third-order valence-corrected chi connectivity index (χ3v) is 4.55. The summed E-state index contributed by atoms with van der Waals surface area (Å²) in [5.41, 5.74) is 0. The first kappa shape index (κ1) is 14.4. The van der Waals surface area contributed by atoms with Crippen molar-refractivity contribution in [2.45, 2.75) is 26.8 Å². The van der Waals surface area contributed by atoms with E-state index in [0.717, 1.165) is 0 Å². The van der Waals surface area contributed by atoms with Crippen molar-refractivity contribution in [3.05, 3.63) is 0 Å². The molecule has 100 valence electrons. The Morgan fingerprint density at radius 1 is 1.41 bits per heavy atom. The molecule has 17 heavy (non-hydrogen) atoms. The van der Waals surface area contributed by atoms with Crippen molar-refractivity contribution >= 4 is 16.2 Å². The second-order valence-corrected chi connectivity index (χ2v) is 6.40. The van der Waals surface area contributed by atoms with Crippen molar-refractivity contribution in [1.82, 2.24) is 9.03 Å². The first-order chi connectivity index (χ1) is 7.77. The maximum atomic E-state index is 11.9. The Balaban J connectivity index is 2.75. The highest BCUT2D eigenvalue weighted by Crippen LogP contribution is 2.25. The molecule has 0 aromatic rings. The first-order valence-electron chi connectivity index (χ1n) is 5.63. The minimum atomic E-state index is -3.49. The van der Waals surface area contributed by atoms with Crippen LogP contribution in [0, 0.1) is 11.8 Å². The summed E-state index contributed by atoms with van der Waals surface area (Å²) in [6, 6.07) is -0.160. The van der Waals surface area contributed by atoms with E-state index in [4.69, 9.17) is 0 Å². The van der Waals surface area contributed by atoms with E-state index in [2.05, 4.69) is 9.46 Å². The van der Waals surface area contributed by atoms with E-state index in [0.29, 0.717) is 6.54 Å². The van der Waals surface area contributed by atoms with Gasteiger partial charge >= 0.3 is 5.97 Å². The molecule has 1 N–H and O–H groups in total. The molecular weight excluding hydrogens is 244 g/mol. The molecule has 2 atom stereocenters. The van der Waals surface area contributed by atoms with Gasteiger partial charge in [-0.15, -0.1) is 0 Å². The molecule has 0 amide bonds. The van der Waals surface area contributed by atoms with E-state index in [-0.39, 0.29) is 30.4 Å². The van der Waals surface area contributed by atoms with Crippen LogP contribution in [0.1, 0.15) is 20.8 Å². The highest BCUT2D eigenvalue weighted by molar-refractivity contribution is 7.87. The van der Waals surface area contributed by atoms with Gasteiger partial charge in [0.2, 0.25) is 0 Å². The minimum absolute atomic E-state index is 0.0220. The molecule has 6 nitrogen and oxygen atoms in total. The van der Waals surface area contributed by atoms with Gasteiger partial charge in [0.05, 0.1) is 13.0 Å². The Kier molecular flexibility index (Phi) is 4.51. The lowest BCUT2D eigenvalue weighted by Crippen LogP contribution is -2.42. The molecular formula is C10H20N2O4S. The summed E-state index contributed by atoms with van der Waals surface area (Å²) < 4.78 is 32.3. The summed E-state index contributed by atoms with van der Waals surface area (Å²) in [4.78, 5) is 11.5. The van der Waals surface area contributed by atoms with E-state index in [9.17, 15) is 13.2 Å². The van der Waals surface area contributed by atoms with Gasteiger partial charge < -0.3 is 4.74 Å². The van der Waals surface area contributed by atoms with Crippen LogP contribution >= 0.6 is 0 Å². The fraction of sp³-hybridized carbons (Fsp3) is 0.900. The standard InChI is InChI=1S/C10H20N2O4S/c1-7(2)11-17(14,15)12-5-8(3)9(6-12)10(13)16-4/h7-9,11H,5-6H2,1-4H3. The number of carbonyl (C=O) groups is 1. The van der Waals surface area contributed by atoms with Gasteiger partial charge in [-0.05, 0) is 19.8 Å². The summed E-state index contributed by atoms with van der Waals surface area (Å²) in [5, 5.41) is 0. The molecule has 1 saturated heterocycles. The van der Waals surface area contributed by atoms with Gasteiger partial charge in [0.1, 0.15) is 0 Å². The molecule has 0 spiro atoms. The van der Waals surface area contributed by atoms with Crippen molar-refractivity contribution in [2.75, 3.05) is 20.2 Å². The number of carbonyl (C=O) groups excluding carboxylic acids is 1. The lowest BCUT2D eigenvalue weighted by Gasteiger charge is -2.18. The number of ether oxygens (including phenoxy) is 1. The maximum absolute atomic E-state index is 11.9. The molecule has 2 unspecified atom stereocenters. The zero-order valence-corrected chi connectivity index (χ0v) is 11.5. The van der Waals surface area contributed by atoms with E-state index in [1.54, 1.807) is 13.8 Å². The number of hydrogen-bond acceptors (Lipinski definition) is 4. The largest absolute Gasteiger partial charge is 0.469 e. The predicted octanol–water partition coefficient (Wildman–Crippen LogP) is -0.0299. The molecule has 0 bridgehead atoms. The average molecular weight is 264 g/mol. The van der Waals surface area contributed by atoms with Gasteiger partial charge in [0.25, 0.3) is 10.2 Å². The third-order valence-electron chi connectivity index (χ3n) is 2.81. The molecule has 1 aliphatic rings. The Morgan fingerprint density at radius 2 is 2.00 bits per heavy atom. The summed E-state index contributed by atoms with van der Waals surface area (Å²) in [6.07, 6.45) is 0. The zero-order chi connectivity index (χ0) is 13.2. The van der Waals surface area contributed by atoms with E-state index in [1.807, 2.05) is 6.92 Å². The third kappa shape index (κ3) is 3.40. The van der Waals surface area contributed by atoms with Gasteiger partial charge in [-0.3, -0.25) is 4.79 Å². The van der Waals surface area contributed by atoms with E-state index < -0.39 is 10.2 Å². The molecule has 0 saturated carbocycles. The lowest BCUT2D eigenvalue weighted by molar-refractivity contribution is -0.145. The highest BCUT2D eigenvalue weighted by atomic mass is 32.2. The fourth-order valence-corrected chi connectivity index (χ4v) is 3.48. The summed E-state index contributed by atoms with van der Waals surface area (Å²) >= 11 is 0. The number of nitrogens with one attached hydrogen (secondary N) is 1. The topological polar surface area (TPSA) is 75.7 Å². The van der Waals surface area contributed by atoms with E-state index >= 15 is 0 Å². The SMILES string of the molecule is COC(=O)C1CN(S(=O)(=O)NC(C)C)CC1C. The molecule has 0 aromatic carbocycles. The van der Waals surface area contributed by atoms with Crippen molar-refractivity contribution in [1.29, 1.82) is 0 Å². The van der Waals surface area contributed by atoms with Crippen LogP contribution in [-0.4, -0.2) is 44.9 Å². The summed E-state index contributed by atoms with van der Waals surface area (Å²) in [5.74, 6) is -0.741. The maximum Gasteiger partial charge on any atom is 0.310 e. The Bertz CT molecular complexity index is 380. The lowest BCUT2D eigenvalue weighted by atomic mass is 9.99. The van der Waals surface area contributed by atoms with Crippen LogP contribution in [-0.2, 0) is 19.7 Å². The van der Waals surface area contributed by atoms with Gasteiger partial charge in [-0.25, -0.2) is 0 Å². The van der Waals surface area contributed by atoms with Crippen LogP contribution in [0.4, 0.5) is 0 Å².